The molecule has 0 aliphatic carbocycles. The molecule has 5 nitrogen and oxygen atoms in total. The van der Waals surface area contributed by atoms with Gasteiger partial charge in [-0.25, -0.2) is 4.98 Å². The number of guanidine groups is 1. The first-order valence-corrected chi connectivity index (χ1v) is 7.31. The van der Waals surface area contributed by atoms with Crippen LogP contribution in [0.15, 0.2) is 10.4 Å². The second-order valence-electron chi connectivity index (χ2n) is 5.42. The van der Waals surface area contributed by atoms with Crippen LogP contribution >= 0.6 is 35.3 Å². The zero-order valence-corrected chi connectivity index (χ0v) is 15.6. The van der Waals surface area contributed by atoms with Crippen molar-refractivity contribution in [3.63, 3.8) is 0 Å². The Hall–Kier alpha value is -0.410. The molecule has 0 amide bonds. The fourth-order valence-corrected chi connectivity index (χ4v) is 2.63. The summed E-state index contributed by atoms with van der Waals surface area (Å²) in [5.41, 5.74) is 1.33. The highest BCUT2D eigenvalue weighted by Crippen LogP contribution is 2.25. The second-order valence-corrected chi connectivity index (χ2v) is 6.48. The predicted octanol–water partition coefficient (Wildman–Crippen LogP) is 2.11. The van der Waals surface area contributed by atoms with Gasteiger partial charge >= 0.3 is 0 Å². The van der Waals surface area contributed by atoms with Gasteiger partial charge in [0, 0.05) is 31.4 Å². The summed E-state index contributed by atoms with van der Waals surface area (Å²) < 4.78 is 5.26. The van der Waals surface area contributed by atoms with Crippen LogP contribution in [0.5, 0.6) is 0 Å². The number of aliphatic imine (C=N–C) groups is 1. The average molecular weight is 410 g/mol. The number of hydrogen-bond donors (Lipinski definition) is 1. The van der Waals surface area contributed by atoms with Gasteiger partial charge in [-0.1, -0.05) is 6.92 Å². The van der Waals surface area contributed by atoms with E-state index in [1.807, 2.05) is 21.0 Å². The first kappa shape index (κ1) is 17.6. The number of ether oxygens (including phenoxy) is 1. The summed E-state index contributed by atoms with van der Waals surface area (Å²) in [6, 6.07) is 0. The monoisotopic (exact) mass is 410 g/mol. The lowest BCUT2D eigenvalue weighted by Gasteiger charge is -2.39. The van der Waals surface area contributed by atoms with Crippen molar-refractivity contribution in [1.82, 2.24) is 15.2 Å². The average Bonchev–Trinajstić information content (AvgIpc) is 2.73. The Kier molecular flexibility index (Phi) is 6.67. The maximum absolute atomic E-state index is 5.26. The number of aryl methyl sites for hydroxylation is 1. The minimum absolute atomic E-state index is 0. The molecule has 0 bridgehead atoms. The lowest BCUT2D eigenvalue weighted by atomic mass is 9.89. The van der Waals surface area contributed by atoms with Crippen molar-refractivity contribution in [2.45, 2.75) is 20.4 Å². The van der Waals surface area contributed by atoms with Crippen LogP contribution < -0.4 is 5.32 Å². The molecule has 1 aliphatic rings. The van der Waals surface area contributed by atoms with Crippen LogP contribution in [0.2, 0.25) is 0 Å². The molecule has 1 aromatic heterocycles. The topological polar surface area (TPSA) is 49.8 Å². The largest absolute Gasteiger partial charge is 0.380 e. The molecule has 2 rings (SSSR count). The van der Waals surface area contributed by atoms with Crippen LogP contribution in [0.25, 0.3) is 0 Å². The number of thiazole rings is 1. The summed E-state index contributed by atoms with van der Waals surface area (Å²) >= 11 is 1.68. The van der Waals surface area contributed by atoms with Gasteiger partial charge in [-0.15, -0.1) is 35.3 Å². The molecule has 0 unspecified atom stereocenters. The summed E-state index contributed by atoms with van der Waals surface area (Å²) in [4.78, 5) is 10.9. The number of hydrogen-bond acceptors (Lipinski definition) is 4. The van der Waals surface area contributed by atoms with E-state index < -0.39 is 0 Å². The highest BCUT2D eigenvalue weighted by molar-refractivity contribution is 14.0. The van der Waals surface area contributed by atoms with E-state index in [0.717, 1.165) is 43.0 Å². The number of nitrogens with one attached hydrogen (secondary N) is 1. The van der Waals surface area contributed by atoms with Gasteiger partial charge in [-0.3, -0.25) is 4.99 Å². The lowest BCUT2D eigenvalue weighted by Crippen LogP contribution is -2.51. The molecular formula is C13H23IN4OS. The maximum atomic E-state index is 5.26. The minimum atomic E-state index is 0. The van der Waals surface area contributed by atoms with Gasteiger partial charge in [0.2, 0.25) is 0 Å². The molecule has 0 saturated carbocycles. The Labute approximate surface area is 141 Å². The van der Waals surface area contributed by atoms with E-state index in [4.69, 9.17) is 4.74 Å². The Bertz CT molecular complexity index is 459. The van der Waals surface area contributed by atoms with Crippen molar-refractivity contribution in [2.75, 3.05) is 33.9 Å². The number of halogens is 1. The molecule has 114 valence electrons. The normalized spacial score (nSPS) is 17.1. The number of rotatable bonds is 4. The fourth-order valence-electron chi connectivity index (χ4n) is 2.03. The molecule has 1 N–H and O–H groups in total. The van der Waals surface area contributed by atoms with E-state index in [9.17, 15) is 0 Å². The van der Waals surface area contributed by atoms with Crippen LogP contribution in [0.1, 0.15) is 17.6 Å². The van der Waals surface area contributed by atoms with E-state index in [-0.39, 0.29) is 29.4 Å². The summed E-state index contributed by atoms with van der Waals surface area (Å²) in [5, 5.41) is 6.61. The quantitative estimate of drug-likeness (QED) is 0.470. The molecule has 1 aromatic rings. The molecule has 0 radical (unpaired) electrons. The SMILES string of the molecule is CN=C(NCC1(C)COC1)N(C)Cc1csc(C)n1.I. The summed E-state index contributed by atoms with van der Waals surface area (Å²) in [6.07, 6.45) is 0. The van der Waals surface area contributed by atoms with E-state index in [1.165, 1.54) is 0 Å². The first-order chi connectivity index (χ1) is 9.02. The molecular weight excluding hydrogens is 387 g/mol. The van der Waals surface area contributed by atoms with Crippen LogP contribution in [-0.4, -0.2) is 49.7 Å². The molecule has 7 heteroatoms. The highest BCUT2D eigenvalue weighted by atomic mass is 127. The number of nitrogens with zero attached hydrogens (tertiary/aromatic N) is 3. The molecule has 2 heterocycles. The zero-order chi connectivity index (χ0) is 13.9. The van der Waals surface area contributed by atoms with Gasteiger partial charge < -0.3 is 15.0 Å². The molecule has 0 spiro atoms. The third-order valence-corrected chi connectivity index (χ3v) is 4.04. The van der Waals surface area contributed by atoms with Crippen molar-refractivity contribution in [3.8, 4) is 0 Å². The van der Waals surface area contributed by atoms with Gasteiger partial charge in [0.1, 0.15) is 0 Å². The maximum Gasteiger partial charge on any atom is 0.193 e. The smallest absolute Gasteiger partial charge is 0.193 e. The number of aromatic nitrogens is 1. The third kappa shape index (κ3) is 4.56. The van der Waals surface area contributed by atoms with Crippen LogP contribution in [0, 0.1) is 12.3 Å². The standard InChI is InChI=1S/C13H22N4OS.HI/c1-10-16-11(6-19-10)5-17(4)12(14-3)15-7-13(2)8-18-9-13;/h6H,5,7-9H2,1-4H3,(H,14,15);1H. The first-order valence-electron chi connectivity index (χ1n) is 6.43. The zero-order valence-electron chi connectivity index (χ0n) is 12.5. The van der Waals surface area contributed by atoms with E-state index >= 15 is 0 Å². The second kappa shape index (κ2) is 7.56. The van der Waals surface area contributed by atoms with E-state index in [1.54, 1.807) is 11.3 Å². The van der Waals surface area contributed by atoms with Gasteiger partial charge in [0.15, 0.2) is 5.96 Å². The molecule has 20 heavy (non-hydrogen) atoms. The van der Waals surface area contributed by atoms with Crippen LogP contribution in [0.3, 0.4) is 0 Å². The lowest BCUT2D eigenvalue weighted by molar-refractivity contribution is -0.0972. The summed E-state index contributed by atoms with van der Waals surface area (Å²) in [7, 11) is 3.84. The van der Waals surface area contributed by atoms with Gasteiger partial charge in [0.25, 0.3) is 0 Å². The Morgan fingerprint density at radius 1 is 1.60 bits per heavy atom. The summed E-state index contributed by atoms with van der Waals surface area (Å²) in [6.45, 7) is 7.56. The van der Waals surface area contributed by atoms with Crippen LogP contribution in [0.4, 0.5) is 0 Å². The highest BCUT2D eigenvalue weighted by Gasteiger charge is 2.33. The molecule has 0 atom stereocenters. The van der Waals surface area contributed by atoms with Crippen molar-refractivity contribution in [2.24, 2.45) is 10.4 Å². The van der Waals surface area contributed by atoms with Crippen molar-refractivity contribution >= 4 is 41.3 Å². The van der Waals surface area contributed by atoms with E-state index in [2.05, 4.69) is 32.5 Å². The Morgan fingerprint density at radius 3 is 2.75 bits per heavy atom. The Balaban J connectivity index is 0.00000200. The molecule has 0 aromatic carbocycles. The predicted molar refractivity (Wildman–Crippen MR) is 94.0 cm³/mol. The third-order valence-electron chi connectivity index (χ3n) is 3.21. The Morgan fingerprint density at radius 2 is 2.30 bits per heavy atom. The van der Waals surface area contributed by atoms with Gasteiger partial charge in [-0.2, -0.15) is 0 Å². The molecule has 1 saturated heterocycles. The van der Waals surface area contributed by atoms with E-state index in [0.29, 0.717) is 0 Å². The van der Waals surface area contributed by atoms with Crippen molar-refractivity contribution in [3.05, 3.63) is 16.1 Å². The van der Waals surface area contributed by atoms with Crippen LogP contribution in [-0.2, 0) is 11.3 Å². The van der Waals surface area contributed by atoms with Gasteiger partial charge in [-0.05, 0) is 6.92 Å². The minimum Gasteiger partial charge on any atom is -0.380 e. The molecule has 1 fully saturated rings. The van der Waals surface area contributed by atoms with Crippen molar-refractivity contribution < 1.29 is 4.74 Å². The molecule has 1 aliphatic heterocycles. The van der Waals surface area contributed by atoms with Gasteiger partial charge in [0.05, 0.1) is 30.5 Å². The van der Waals surface area contributed by atoms with Crippen molar-refractivity contribution in [1.29, 1.82) is 0 Å². The summed E-state index contributed by atoms with van der Waals surface area (Å²) in [5.74, 6) is 0.902. The fraction of sp³-hybridized carbons (Fsp3) is 0.692.